The van der Waals surface area contributed by atoms with Gasteiger partial charge in [-0.2, -0.15) is 10.5 Å². The van der Waals surface area contributed by atoms with Crippen LogP contribution >= 0.6 is 47.0 Å². The second-order valence-electron chi connectivity index (χ2n) is 4.38. The van der Waals surface area contributed by atoms with Crippen molar-refractivity contribution >= 4 is 53.3 Å². The number of aromatic hydroxyl groups is 2. The van der Waals surface area contributed by atoms with E-state index in [0.717, 1.165) is 23.5 Å². The number of phenolic OH excluding ortho intramolecular Hbond substituents is 2. The van der Waals surface area contributed by atoms with Crippen LogP contribution in [0.5, 0.6) is 11.5 Å². The molecule has 0 amide bonds. The van der Waals surface area contributed by atoms with E-state index in [0.29, 0.717) is 39.9 Å². The molecule has 0 radical (unpaired) electrons. The van der Waals surface area contributed by atoms with Crippen LogP contribution in [0.4, 0.5) is 0 Å². The number of rotatable bonds is 1. The highest BCUT2D eigenvalue weighted by molar-refractivity contribution is 8.26. The van der Waals surface area contributed by atoms with Crippen molar-refractivity contribution in [1.82, 2.24) is 0 Å². The molecular weight excluding hydrogens is 372 g/mol. The lowest BCUT2D eigenvalue weighted by atomic mass is 10.3. The van der Waals surface area contributed by atoms with E-state index in [4.69, 9.17) is 10.5 Å². The zero-order valence-corrected chi connectivity index (χ0v) is 14.7. The van der Waals surface area contributed by atoms with Crippen molar-refractivity contribution in [3.8, 4) is 23.6 Å². The Labute approximate surface area is 148 Å². The number of thioether (sulfide) groups is 4. The van der Waals surface area contributed by atoms with Gasteiger partial charge in [0.1, 0.15) is 23.1 Å². The van der Waals surface area contributed by atoms with Gasteiger partial charge in [0.2, 0.25) is 0 Å². The smallest absolute Gasteiger partial charge is 0.162 e. The largest absolute Gasteiger partial charge is 0.505 e. The molecule has 0 saturated carbocycles. The molecule has 2 aliphatic heterocycles. The molecule has 2 heterocycles. The monoisotopic (exact) mass is 378 g/mol. The first-order valence-corrected chi connectivity index (χ1v) is 9.32. The first-order valence-electron chi connectivity index (χ1n) is 6.05. The second-order valence-corrected chi connectivity index (χ2v) is 8.98. The summed E-state index contributed by atoms with van der Waals surface area (Å²) in [5.41, 5.74) is 0.486. The van der Waals surface area contributed by atoms with Crippen LogP contribution in [0.15, 0.2) is 39.2 Å². The molecule has 114 valence electrons. The predicted octanol–water partition coefficient (Wildman–Crippen LogP) is 4.18. The Morgan fingerprint density at radius 2 is 1.35 bits per heavy atom. The van der Waals surface area contributed by atoms with Crippen molar-refractivity contribution in [2.75, 3.05) is 0 Å². The minimum Gasteiger partial charge on any atom is -0.505 e. The summed E-state index contributed by atoms with van der Waals surface area (Å²) in [6.07, 6.45) is 0.462. The molecule has 0 fully saturated rings. The molecule has 9 heteroatoms. The Morgan fingerprint density at radius 1 is 0.913 bits per heavy atom. The van der Waals surface area contributed by atoms with Crippen LogP contribution in [0.2, 0.25) is 0 Å². The molecule has 5 nitrogen and oxygen atoms in total. The maximum Gasteiger partial charge on any atom is 0.162 e. The molecule has 1 aromatic carbocycles. The van der Waals surface area contributed by atoms with E-state index >= 15 is 0 Å². The molecule has 0 saturated heterocycles. The third kappa shape index (κ3) is 2.50. The Bertz CT molecular complexity index is 861. The van der Waals surface area contributed by atoms with Crippen LogP contribution in [-0.4, -0.2) is 16.5 Å². The summed E-state index contributed by atoms with van der Waals surface area (Å²) in [5.74, 6) is 0.00320. The minimum atomic E-state index is -0.0311. The van der Waals surface area contributed by atoms with Crippen molar-refractivity contribution < 1.29 is 15.0 Å². The molecule has 2 aliphatic rings. The van der Waals surface area contributed by atoms with E-state index in [1.54, 1.807) is 13.0 Å². The minimum absolute atomic E-state index is 0.00160. The summed E-state index contributed by atoms with van der Waals surface area (Å²) in [5, 5.41) is 38.9. The van der Waals surface area contributed by atoms with Crippen LogP contribution in [0.3, 0.4) is 0 Å². The molecule has 1 aromatic rings. The number of hydrogen-bond donors (Lipinski definition) is 2. The number of phenols is 2. The van der Waals surface area contributed by atoms with Gasteiger partial charge in [-0.3, -0.25) is 4.79 Å². The van der Waals surface area contributed by atoms with E-state index in [9.17, 15) is 15.0 Å². The number of aldehydes is 1. The lowest BCUT2D eigenvalue weighted by Crippen LogP contribution is -1.81. The Hall–Kier alpha value is -1.65. The van der Waals surface area contributed by atoms with Crippen LogP contribution in [0.1, 0.15) is 6.92 Å². The average Bonchev–Trinajstić information content (AvgIpc) is 3.18. The Kier molecular flexibility index (Phi) is 4.30. The molecule has 0 atom stereocenters. The zero-order chi connectivity index (χ0) is 16.7. The van der Waals surface area contributed by atoms with Crippen molar-refractivity contribution in [3.63, 3.8) is 0 Å². The summed E-state index contributed by atoms with van der Waals surface area (Å²) >= 11 is 4.65. The van der Waals surface area contributed by atoms with Gasteiger partial charge in [0.25, 0.3) is 0 Å². The predicted molar refractivity (Wildman–Crippen MR) is 90.2 cm³/mol. The summed E-state index contributed by atoms with van der Waals surface area (Å²) in [6, 6.07) is 3.86. The SMILES string of the molecule is CC(C#N)=C1Sc2c(O)c3c(c(O)c2S1)SC(=C(C#N)C=O)S3. The molecule has 0 bridgehead atoms. The van der Waals surface area contributed by atoms with Crippen LogP contribution in [0.25, 0.3) is 0 Å². The second kappa shape index (κ2) is 6.10. The molecule has 3 rings (SSSR count). The Morgan fingerprint density at radius 3 is 1.70 bits per heavy atom. The summed E-state index contributed by atoms with van der Waals surface area (Å²) in [6.45, 7) is 1.68. The van der Waals surface area contributed by atoms with Crippen LogP contribution in [0, 0.1) is 22.7 Å². The highest BCUT2D eigenvalue weighted by atomic mass is 32.2. The Balaban J connectivity index is 2.14. The normalized spacial score (nSPS) is 14.7. The van der Waals surface area contributed by atoms with Crippen molar-refractivity contribution in [1.29, 1.82) is 10.5 Å². The van der Waals surface area contributed by atoms with Gasteiger partial charge in [-0.15, -0.1) is 0 Å². The quantitative estimate of drug-likeness (QED) is 0.322. The van der Waals surface area contributed by atoms with Crippen molar-refractivity contribution in [2.45, 2.75) is 26.5 Å². The van der Waals surface area contributed by atoms with Gasteiger partial charge in [0, 0.05) is 5.57 Å². The number of fused-ring (bicyclic) bond motifs is 2. The topological polar surface area (TPSA) is 105 Å². The lowest BCUT2D eigenvalue weighted by Gasteiger charge is -2.08. The summed E-state index contributed by atoms with van der Waals surface area (Å²) < 4.78 is 1.15. The molecule has 0 aromatic heterocycles. The number of nitriles is 2. The van der Waals surface area contributed by atoms with E-state index < -0.39 is 0 Å². The van der Waals surface area contributed by atoms with Crippen LogP contribution < -0.4 is 0 Å². The van der Waals surface area contributed by atoms with E-state index in [1.165, 1.54) is 23.5 Å². The van der Waals surface area contributed by atoms with E-state index in [-0.39, 0.29) is 17.1 Å². The standard InChI is InChI=1S/C14H6N2O3S4/c1-5(2-15)13-20-9-7(18)11-12(8(19)10(9)21-13)23-14(22-11)6(3-16)4-17/h4,18-19H,1H3. The fraction of sp³-hybridized carbons (Fsp3) is 0.0714. The third-order valence-electron chi connectivity index (χ3n) is 2.98. The number of allylic oxidation sites excluding steroid dienone is 2. The molecule has 0 aliphatic carbocycles. The van der Waals surface area contributed by atoms with E-state index in [2.05, 4.69) is 6.07 Å². The number of hydrogen-bond acceptors (Lipinski definition) is 9. The van der Waals surface area contributed by atoms with Gasteiger partial charge < -0.3 is 10.2 Å². The van der Waals surface area contributed by atoms with Gasteiger partial charge in [0.05, 0.1) is 34.1 Å². The van der Waals surface area contributed by atoms with Gasteiger partial charge in [-0.05, 0) is 6.92 Å². The maximum atomic E-state index is 10.9. The highest BCUT2D eigenvalue weighted by Crippen LogP contribution is 2.67. The first-order chi connectivity index (χ1) is 11.0. The van der Waals surface area contributed by atoms with Crippen LogP contribution in [-0.2, 0) is 4.79 Å². The fourth-order valence-electron chi connectivity index (χ4n) is 1.86. The highest BCUT2D eigenvalue weighted by Gasteiger charge is 2.36. The van der Waals surface area contributed by atoms with E-state index in [1.807, 2.05) is 0 Å². The van der Waals surface area contributed by atoms with Gasteiger partial charge in [0.15, 0.2) is 6.29 Å². The molecule has 0 spiro atoms. The molecule has 23 heavy (non-hydrogen) atoms. The first kappa shape index (κ1) is 16.2. The fourth-order valence-corrected chi connectivity index (χ4v) is 6.92. The lowest BCUT2D eigenvalue weighted by molar-refractivity contribution is -0.104. The summed E-state index contributed by atoms with van der Waals surface area (Å²) in [4.78, 5) is 12.8. The van der Waals surface area contributed by atoms with Crippen molar-refractivity contribution in [3.05, 3.63) is 19.6 Å². The number of benzene rings is 1. The van der Waals surface area contributed by atoms with Gasteiger partial charge in [-0.25, -0.2) is 0 Å². The third-order valence-corrected chi connectivity index (χ3v) is 8.44. The molecule has 2 N–H and O–H groups in total. The zero-order valence-electron chi connectivity index (χ0n) is 11.4. The number of nitrogens with zero attached hydrogens (tertiary/aromatic N) is 2. The average molecular weight is 378 g/mol. The van der Waals surface area contributed by atoms with Crippen molar-refractivity contribution in [2.24, 2.45) is 0 Å². The molecule has 0 unspecified atom stereocenters. The van der Waals surface area contributed by atoms with Gasteiger partial charge >= 0.3 is 0 Å². The summed E-state index contributed by atoms with van der Waals surface area (Å²) in [7, 11) is 0. The number of carbonyl (C=O) groups excluding carboxylic acids is 1. The maximum absolute atomic E-state index is 10.9. The van der Waals surface area contributed by atoms with Gasteiger partial charge in [-0.1, -0.05) is 47.0 Å². The number of carbonyl (C=O) groups is 1. The molecular formula is C14H6N2O3S4.